The second-order valence-electron chi connectivity index (χ2n) is 4.24. The lowest BCUT2D eigenvalue weighted by atomic mass is 9.84. The van der Waals surface area contributed by atoms with Gasteiger partial charge in [0.1, 0.15) is 5.75 Å². The molecule has 1 rings (SSSR count). The fourth-order valence-electron chi connectivity index (χ4n) is 1.39. The van der Waals surface area contributed by atoms with Crippen molar-refractivity contribution >= 4 is 0 Å². The maximum absolute atomic E-state index is 10.0. The first kappa shape index (κ1) is 12.5. The van der Waals surface area contributed by atoms with Gasteiger partial charge in [0.2, 0.25) is 0 Å². The topological polar surface area (TPSA) is 53.2 Å². The van der Waals surface area contributed by atoms with E-state index in [2.05, 4.69) is 6.07 Å². The molecule has 1 atom stereocenters. The van der Waals surface area contributed by atoms with E-state index in [0.29, 0.717) is 6.61 Å². The van der Waals surface area contributed by atoms with E-state index >= 15 is 0 Å². The third-order valence-corrected chi connectivity index (χ3v) is 2.48. The van der Waals surface area contributed by atoms with Crippen molar-refractivity contribution in [1.29, 1.82) is 5.26 Å². The first-order valence-electron chi connectivity index (χ1n) is 5.33. The Labute approximate surface area is 96.3 Å². The first-order chi connectivity index (χ1) is 7.51. The van der Waals surface area contributed by atoms with Gasteiger partial charge < -0.3 is 9.84 Å². The molecule has 0 aliphatic carbocycles. The average Bonchev–Trinajstić information content (AvgIpc) is 2.29. The van der Waals surface area contributed by atoms with Gasteiger partial charge in [-0.05, 0) is 38.5 Å². The number of ether oxygens (including phenoxy) is 1. The van der Waals surface area contributed by atoms with E-state index in [1.54, 1.807) is 38.1 Å². The van der Waals surface area contributed by atoms with Gasteiger partial charge in [-0.15, -0.1) is 0 Å². The summed E-state index contributed by atoms with van der Waals surface area (Å²) in [6, 6.07) is 9.27. The number of aliphatic hydroxyl groups is 1. The molecule has 0 aromatic heterocycles. The number of hydrogen-bond acceptors (Lipinski definition) is 3. The second kappa shape index (κ2) is 5.00. The van der Waals surface area contributed by atoms with Crippen LogP contribution in [0.15, 0.2) is 24.3 Å². The van der Waals surface area contributed by atoms with Crippen LogP contribution in [0.2, 0.25) is 0 Å². The highest BCUT2D eigenvalue weighted by atomic mass is 16.5. The molecule has 1 unspecified atom stereocenters. The third-order valence-electron chi connectivity index (χ3n) is 2.48. The zero-order valence-corrected chi connectivity index (χ0v) is 9.90. The standard InChI is InChI=1S/C13H17NO2/c1-4-16-11-7-5-10(6-8-11)12(15)13(2,3)9-14/h5-8,12,15H,4H2,1-3H3. The van der Waals surface area contributed by atoms with Crippen LogP contribution in [0.1, 0.15) is 32.4 Å². The molecule has 0 aliphatic rings. The van der Waals surface area contributed by atoms with E-state index in [1.807, 2.05) is 6.92 Å². The number of nitrogens with zero attached hydrogens (tertiary/aromatic N) is 1. The van der Waals surface area contributed by atoms with Gasteiger partial charge in [0, 0.05) is 0 Å². The van der Waals surface area contributed by atoms with Gasteiger partial charge in [0.05, 0.1) is 24.2 Å². The molecule has 0 heterocycles. The summed E-state index contributed by atoms with van der Waals surface area (Å²) in [7, 11) is 0. The Hall–Kier alpha value is -1.53. The van der Waals surface area contributed by atoms with E-state index in [9.17, 15) is 5.11 Å². The smallest absolute Gasteiger partial charge is 0.119 e. The molecule has 3 nitrogen and oxygen atoms in total. The molecular formula is C13H17NO2. The SMILES string of the molecule is CCOc1ccc(C(O)C(C)(C)C#N)cc1. The first-order valence-corrected chi connectivity index (χ1v) is 5.33. The fourth-order valence-corrected chi connectivity index (χ4v) is 1.39. The molecule has 0 bridgehead atoms. The van der Waals surface area contributed by atoms with Crippen LogP contribution in [0.4, 0.5) is 0 Å². The number of rotatable bonds is 4. The summed E-state index contributed by atoms with van der Waals surface area (Å²) in [5, 5.41) is 18.9. The maximum Gasteiger partial charge on any atom is 0.119 e. The maximum atomic E-state index is 10.0. The van der Waals surface area contributed by atoms with Gasteiger partial charge in [0.25, 0.3) is 0 Å². The molecule has 0 fully saturated rings. The normalized spacial score (nSPS) is 12.9. The van der Waals surface area contributed by atoms with Gasteiger partial charge in [-0.2, -0.15) is 5.26 Å². The van der Waals surface area contributed by atoms with Gasteiger partial charge >= 0.3 is 0 Å². The van der Waals surface area contributed by atoms with Crippen LogP contribution in [0, 0.1) is 16.7 Å². The lowest BCUT2D eigenvalue weighted by Gasteiger charge is -2.23. The van der Waals surface area contributed by atoms with E-state index < -0.39 is 11.5 Å². The highest BCUT2D eigenvalue weighted by Gasteiger charge is 2.28. The van der Waals surface area contributed by atoms with Crippen molar-refractivity contribution in [2.75, 3.05) is 6.61 Å². The van der Waals surface area contributed by atoms with Crippen LogP contribution < -0.4 is 4.74 Å². The summed E-state index contributed by atoms with van der Waals surface area (Å²) >= 11 is 0. The Bertz CT molecular complexity index is 376. The molecule has 16 heavy (non-hydrogen) atoms. The number of benzene rings is 1. The van der Waals surface area contributed by atoms with E-state index in [1.165, 1.54) is 0 Å². The molecule has 1 N–H and O–H groups in total. The minimum Gasteiger partial charge on any atom is -0.494 e. The lowest BCUT2D eigenvalue weighted by Crippen LogP contribution is -2.19. The van der Waals surface area contributed by atoms with Crippen LogP contribution >= 0.6 is 0 Å². The molecule has 0 spiro atoms. The Morgan fingerprint density at radius 1 is 1.38 bits per heavy atom. The third kappa shape index (κ3) is 2.74. The predicted molar refractivity (Wildman–Crippen MR) is 62.0 cm³/mol. The number of nitriles is 1. The fraction of sp³-hybridized carbons (Fsp3) is 0.462. The summed E-state index contributed by atoms with van der Waals surface area (Å²) in [6.07, 6.45) is -0.784. The molecule has 3 heteroatoms. The summed E-state index contributed by atoms with van der Waals surface area (Å²) < 4.78 is 5.31. The van der Waals surface area contributed by atoms with Crippen LogP contribution in [0.25, 0.3) is 0 Å². The molecule has 1 aromatic carbocycles. The van der Waals surface area contributed by atoms with Crippen molar-refractivity contribution in [1.82, 2.24) is 0 Å². The molecular weight excluding hydrogens is 202 g/mol. The van der Waals surface area contributed by atoms with Crippen LogP contribution in [-0.4, -0.2) is 11.7 Å². The summed E-state index contributed by atoms with van der Waals surface area (Å²) in [4.78, 5) is 0. The minimum absolute atomic E-state index is 0.617. The van der Waals surface area contributed by atoms with E-state index in [0.717, 1.165) is 11.3 Å². The van der Waals surface area contributed by atoms with Crippen molar-refractivity contribution < 1.29 is 9.84 Å². The van der Waals surface area contributed by atoms with Gasteiger partial charge in [-0.25, -0.2) is 0 Å². The number of aliphatic hydroxyl groups excluding tert-OH is 1. The molecule has 0 aliphatic heterocycles. The molecule has 0 radical (unpaired) electrons. The van der Waals surface area contributed by atoms with Crippen molar-refractivity contribution in [3.63, 3.8) is 0 Å². The highest BCUT2D eigenvalue weighted by Crippen LogP contribution is 2.32. The summed E-state index contributed by atoms with van der Waals surface area (Å²) in [6.45, 7) is 5.97. The van der Waals surface area contributed by atoms with Crippen molar-refractivity contribution in [3.05, 3.63) is 29.8 Å². The molecule has 0 saturated heterocycles. The molecule has 0 saturated carbocycles. The second-order valence-corrected chi connectivity index (χ2v) is 4.24. The summed E-state index contributed by atoms with van der Waals surface area (Å²) in [5.74, 6) is 0.771. The number of hydrogen-bond donors (Lipinski definition) is 1. The predicted octanol–water partition coefficient (Wildman–Crippen LogP) is 2.67. The van der Waals surface area contributed by atoms with Gasteiger partial charge in [0.15, 0.2) is 0 Å². The van der Waals surface area contributed by atoms with E-state index in [4.69, 9.17) is 10.00 Å². The monoisotopic (exact) mass is 219 g/mol. The molecule has 86 valence electrons. The molecule has 0 amide bonds. The van der Waals surface area contributed by atoms with Crippen LogP contribution in [0.3, 0.4) is 0 Å². The largest absolute Gasteiger partial charge is 0.494 e. The van der Waals surface area contributed by atoms with Crippen LogP contribution in [-0.2, 0) is 0 Å². The Kier molecular flexibility index (Phi) is 3.92. The Morgan fingerprint density at radius 2 is 1.94 bits per heavy atom. The molecule has 1 aromatic rings. The van der Waals surface area contributed by atoms with Gasteiger partial charge in [-0.3, -0.25) is 0 Å². The zero-order chi connectivity index (χ0) is 12.2. The van der Waals surface area contributed by atoms with Crippen molar-refractivity contribution in [3.8, 4) is 11.8 Å². The van der Waals surface area contributed by atoms with Crippen molar-refractivity contribution in [2.24, 2.45) is 5.41 Å². The highest BCUT2D eigenvalue weighted by molar-refractivity contribution is 5.30. The van der Waals surface area contributed by atoms with Crippen molar-refractivity contribution in [2.45, 2.75) is 26.9 Å². The summed E-state index contributed by atoms with van der Waals surface area (Å²) in [5.41, 5.74) is -0.0531. The quantitative estimate of drug-likeness (QED) is 0.847. The zero-order valence-electron chi connectivity index (χ0n) is 9.90. The Balaban J connectivity index is 2.86. The minimum atomic E-state index is -0.785. The average molecular weight is 219 g/mol. The van der Waals surface area contributed by atoms with Crippen LogP contribution in [0.5, 0.6) is 5.75 Å². The van der Waals surface area contributed by atoms with Gasteiger partial charge in [-0.1, -0.05) is 12.1 Å². The Morgan fingerprint density at radius 3 is 2.38 bits per heavy atom. The lowest BCUT2D eigenvalue weighted by molar-refractivity contribution is 0.0867. The van der Waals surface area contributed by atoms with E-state index in [-0.39, 0.29) is 0 Å².